The third kappa shape index (κ3) is 2.51. The first kappa shape index (κ1) is 12.3. The van der Waals surface area contributed by atoms with Gasteiger partial charge in [0, 0.05) is 25.0 Å². The lowest BCUT2D eigenvalue weighted by atomic mass is 10.2. The zero-order chi connectivity index (χ0) is 13.8. The standard InChI is InChI=1S/C15H14N4O/c1-19-15(13-7-16-11-17-8-13)14(9-18-19)20-10-12-5-3-2-4-6-12/h2-9,11H,10H2,1H3. The van der Waals surface area contributed by atoms with Crippen LogP contribution < -0.4 is 4.74 Å². The maximum absolute atomic E-state index is 5.86. The van der Waals surface area contributed by atoms with Crippen LogP contribution in [0.5, 0.6) is 5.75 Å². The van der Waals surface area contributed by atoms with Crippen molar-refractivity contribution in [2.45, 2.75) is 6.61 Å². The van der Waals surface area contributed by atoms with Crippen LogP contribution in [0.25, 0.3) is 11.3 Å². The Morgan fingerprint density at radius 2 is 1.80 bits per heavy atom. The van der Waals surface area contributed by atoms with Gasteiger partial charge in [-0.05, 0) is 5.56 Å². The molecule has 0 unspecified atom stereocenters. The lowest BCUT2D eigenvalue weighted by Gasteiger charge is -2.08. The van der Waals surface area contributed by atoms with Crippen LogP contribution in [-0.2, 0) is 13.7 Å². The van der Waals surface area contributed by atoms with Gasteiger partial charge in [0.25, 0.3) is 0 Å². The quantitative estimate of drug-likeness (QED) is 0.728. The van der Waals surface area contributed by atoms with Gasteiger partial charge in [0.1, 0.15) is 18.6 Å². The van der Waals surface area contributed by atoms with Crippen LogP contribution in [0, 0.1) is 0 Å². The fourth-order valence-electron chi connectivity index (χ4n) is 2.01. The van der Waals surface area contributed by atoms with Gasteiger partial charge in [-0.25, -0.2) is 9.97 Å². The van der Waals surface area contributed by atoms with E-state index in [2.05, 4.69) is 15.1 Å². The number of aromatic nitrogens is 4. The molecule has 2 heterocycles. The summed E-state index contributed by atoms with van der Waals surface area (Å²) in [6.45, 7) is 0.507. The van der Waals surface area contributed by atoms with Gasteiger partial charge in [0.15, 0.2) is 5.75 Å². The Bertz CT molecular complexity index is 680. The molecule has 0 aliphatic carbocycles. The molecule has 0 fully saturated rings. The minimum atomic E-state index is 0.507. The van der Waals surface area contributed by atoms with E-state index < -0.39 is 0 Å². The predicted octanol–water partition coefficient (Wildman–Crippen LogP) is 2.46. The second kappa shape index (κ2) is 5.52. The Hall–Kier alpha value is -2.69. The molecule has 0 atom stereocenters. The molecule has 20 heavy (non-hydrogen) atoms. The molecule has 3 aromatic rings. The molecule has 0 amide bonds. The van der Waals surface area contributed by atoms with Crippen molar-refractivity contribution in [3.8, 4) is 17.0 Å². The van der Waals surface area contributed by atoms with Gasteiger partial charge in [-0.3, -0.25) is 4.68 Å². The predicted molar refractivity (Wildman–Crippen MR) is 75.0 cm³/mol. The van der Waals surface area contributed by atoms with Crippen LogP contribution in [0.15, 0.2) is 55.2 Å². The first-order valence-electron chi connectivity index (χ1n) is 6.28. The van der Waals surface area contributed by atoms with Crippen LogP contribution in [0.3, 0.4) is 0 Å². The number of hydrogen-bond donors (Lipinski definition) is 0. The number of aryl methyl sites for hydroxylation is 1. The number of hydrogen-bond acceptors (Lipinski definition) is 4. The molecule has 0 saturated carbocycles. The molecule has 1 aromatic carbocycles. The van der Waals surface area contributed by atoms with Crippen molar-refractivity contribution >= 4 is 0 Å². The minimum Gasteiger partial charge on any atom is -0.485 e. The van der Waals surface area contributed by atoms with E-state index in [0.717, 1.165) is 22.6 Å². The summed E-state index contributed by atoms with van der Waals surface area (Å²) in [6.07, 6.45) is 6.72. The van der Waals surface area contributed by atoms with Crippen LogP contribution >= 0.6 is 0 Å². The fraction of sp³-hybridized carbons (Fsp3) is 0.133. The largest absolute Gasteiger partial charge is 0.485 e. The minimum absolute atomic E-state index is 0.507. The molecule has 100 valence electrons. The highest BCUT2D eigenvalue weighted by atomic mass is 16.5. The summed E-state index contributed by atoms with van der Waals surface area (Å²) in [6, 6.07) is 10.0. The van der Waals surface area contributed by atoms with Gasteiger partial charge >= 0.3 is 0 Å². The van der Waals surface area contributed by atoms with E-state index >= 15 is 0 Å². The number of rotatable bonds is 4. The molecular formula is C15H14N4O. The van der Waals surface area contributed by atoms with Crippen LogP contribution in [-0.4, -0.2) is 19.7 Å². The number of nitrogens with zero attached hydrogens (tertiary/aromatic N) is 4. The van der Waals surface area contributed by atoms with E-state index in [0.29, 0.717) is 6.61 Å². The molecule has 0 bridgehead atoms. The Labute approximate surface area is 116 Å². The Morgan fingerprint density at radius 3 is 2.55 bits per heavy atom. The second-order valence-electron chi connectivity index (χ2n) is 4.38. The van der Waals surface area contributed by atoms with E-state index in [1.54, 1.807) is 23.3 Å². The summed E-state index contributed by atoms with van der Waals surface area (Å²) < 4.78 is 7.62. The Balaban J connectivity index is 1.85. The normalized spacial score (nSPS) is 10.4. The SMILES string of the molecule is Cn1ncc(OCc2ccccc2)c1-c1cncnc1. The molecule has 0 aliphatic rings. The topological polar surface area (TPSA) is 52.8 Å². The number of benzene rings is 1. The summed E-state index contributed by atoms with van der Waals surface area (Å²) in [7, 11) is 1.87. The van der Waals surface area contributed by atoms with Crippen molar-refractivity contribution in [2.24, 2.45) is 7.05 Å². The Morgan fingerprint density at radius 1 is 1.05 bits per heavy atom. The molecule has 5 nitrogen and oxygen atoms in total. The monoisotopic (exact) mass is 266 g/mol. The van der Waals surface area contributed by atoms with Crippen molar-refractivity contribution in [1.82, 2.24) is 19.7 Å². The zero-order valence-corrected chi connectivity index (χ0v) is 11.1. The maximum atomic E-state index is 5.86. The third-order valence-electron chi connectivity index (χ3n) is 2.98. The van der Waals surface area contributed by atoms with E-state index in [-0.39, 0.29) is 0 Å². The van der Waals surface area contributed by atoms with Gasteiger partial charge < -0.3 is 4.74 Å². The molecular weight excluding hydrogens is 252 g/mol. The average Bonchev–Trinajstić information content (AvgIpc) is 2.88. The highest BCUT2D eigenvalue weighted by Gasteiger charge is 2.12. The molecule has 0 spiro atoms. The lowest BCUT2D eigenvalue weighted by molar-refractivity contribution is 0.307. The zero-order valence-electron chi connectivity index (χ0n) is 11.1. The smallest absolute Gasteiger partial charge is 0.165 e. The molecule has 2 aromatic heterocycles. The molecule has 0 N–H and O–H groups in total. The summed E-state index contributed by atoms with van der Waals surface area (Å²) in [5.74, 6) is 0.728. The van der Waals surface area contributed by atoms with Gasteiger partial charge in [0.2, 0.25) is 0 Å². The van der Waals surface area contributed by atoms with Gasteiger partial charge in [-0.1, -0.05) is 30.3 Å². The lowest BCUT2D eigenvalue weighted by Crippen LogP contribution is -1.98. The van der Waals surface area contributed by atoms with Crippen molar-refractivity contribution in [2.75, 3.05) is 0 Å². The van der Waals surface area contributed by atoms with Crippen LogP contribution in [0.4, 0.5) is 0 Å². The molecule has 5 heteroatoms. The van der Waals surface area contributed by atoms with Gasteiger partial charge in [-0.2, -0.15) is 5.10 Å². The summed E-state index contributed by atoms with van der Waals surface area (Å²) >= 11 is 0. The van der Waals surface area contributed by atoms with Crippen molar-refractivity contribution < 1.29 is 4.74 Å². The summed E-state index contributed by atoms with van der Waals surface area (Å²) in [5.41, 5.74) is 2.88. The van der Waals surface area contributed by atoms with Gasteiger partial charge in [-0.15, -0.1) is 0 Å². The third-order valence-corrected chi connectivity index (χ3v) is 2.98. The van der Waals surface area contributed by atoms with Crippen LogP contribution in [0.1, 0.15) is 5.56 Å². The molecule has 3 rings (SSSR count). The highest BCUT2D eigenvalue weighted by molar-refractivity contribution is 5.64. The summed E-state index contributed by atoms with van der Waals surface area (Å²) in [4.78, 5) is 8.07. The highest BCUT2D eigenvalue weighted by Crippen LogP contribution is 2.28. The van der Waals surface area contributed by atoms with E-state index in [1.807, 2.05) is 37.4 Å². The Kier molecular flexibility index (Phi) is 3.41. The van der Waals surface area contributed by atoms with Crippen molar-refractivity contribution in [3.63, 3.8) is 0 Å². The van der Waals surface area contributed by atoms with E-state index in [9.17, 15) is 0 Å². The van der Waals surface area contributed by atoms with Crippen LogP contribution in [0.2, 0.25) is 0 Å². The van der Waals surface area contributed by atoms with Crippen molar-refractivity contribution in [3.05, 3.63) is 60.8 Å². The molecule has 0 saturated heterocycles. The van der Waals surface area contributed by atoms with Crippen molar-refractivity contribution in [1.29, 1.82) is 0 Å². The summed E-state index contributed by atoms with van der Waals surface area (Å²) in [5, 5.41) is 4.24. The average molecular weight is 266 g/mol. The fourth-order valence-corrected chi connectivity index (χ4v) is 2.01. The molecule has 0 radical (unpaired) electrons. The number of ether oxygens (including phenoxy) is 1. The maximum Gasteiger partial charge on any atom is 0.165 e. The van der Waals surface area contributed by atoms with Gasteiger partial charge in [0.05, 0.1) is 6.20 Å². The first-order valence-corrected chi connectivity index (χ1v) is 6.28. The second-order valence-corrected chi connectivity index (χ2v) is 4.38. The first-order chi connectivity index (χ1) is 9.84. The molecule has 0 aliphatic heterocycles. The van der Waals surface area contributed by atoms with E-state index in [1.165, 1.54) is 6.33 Å². The van der Waals surface area contributed by atoms with E-state index in [4.69, 9.17) is 4.74 Å².